The molecule has 0 atom stereocenters. The lowest BCUT2D eigenvalue weighted by Gasteiger charge is -2.12. The zero-order valence-electron chi connectivity index (χ0n) is 12.6. The molecule has 0 aromatic heterocycles. The van der Waals surface area contributed by atoms with E-state index >= 15 is 0 Å². The maximum atomic E-state index is 12.0. The Hall–Kier alpha value is -2.34. The van der Waals surface area contributed by atoms with E-state index in [1.54, 1.807) is 31.2 Å². The molecule has 6 heteroatoms. The van der Waals surface area contributed by atoms with Gasteiger partial charge in [0, 0.05) is 10.0 Å². The topological polar surface area (TPSA) is 72.8 Å². The molecule has 0 unspecified atom stereocenters. The molecule has 0 aliphatic carbocycles. The SMILES string of the molecule is CCOC(=O)c1cc(O)c(C(=O)OC)c(-c2ccc(Br)cc2)c1. The van der Waals surface area contributed by atoms with Crippen LogP contribution in [0.4, 0.5) is 0 Å². The van der Waals surface area contributed by atoms with E-state index in [2.05, 4.69) is 15.9 Å². The monoisotopic (exact) mass is 378 g/mol. The van der Waals surface area contributed by atoms with Crippen molar-refractivity contribution < 1.29 is 24.2 Å². The van der Waals surface area contributed by atoms with Crippen LogP contribution in [0.3, 0.4) is 0 Å². The van der Waals surface area contributed by atoms with Gasteiger partial charge in [0.15, 0.2) is 0 Å². The van der Waals surface area contributed by atoms with Crippen LogP contribution in [0.5, 0.6) is 5.75 Å². The minimum absolute atomic E-state index is 0.00266. The number of rotatable bonds is 4. The van der Waals surface area contributed by atoms with Gasteiger partial charge in [-0.15, -0.1) is 0 Å². The van der Waals surface area contributed by atoms with Gasteiger partial charge in [-0.05, 0) is 36.8 Å². The molecule has 2 rings (SSSR count). The highest BCUT2D eigenvalue weighted by Crippen LogP contribution is 2.33. The van der Waals surface area contributed by atoms with Crippen LogP contribution in [-0.2, 0) is 9.47 Å². The molecular weight excluding hydrogens is 364 g/mol. The van der Waals surface area contributed by atoms with Crippen molar-refractivity contribution in [1.82, 2.24) is 0 Å². The number of phenolic OH excluding ortho intramolecular Hbond substituents is 1. The van der Waals surface area contributed by atoms with E-state index in [-0.39, 0.29) is 23.5 Å². The molecule has 23 heavy (non-hydrogen) atoms. The quantitative estimate of drug-likeness (QED) is 0.819. The Labute approximate surface area is 142 Å². The summed E-state index contributed by atoms with van der Waals surface area (Å²) in [4.78, 5) is 23.9. The minimum atomic E-state index is -0.684. The first-order valence-electron chi connectivity index (χ1n) is 6.86. The number of methoxy groups -OCH3 is 1. The van der Waals surface area contributed by atoms with Crippen molar-refractivity contribution in [2.24, 2.45) is 0 Å². The smallest absolute Gasteiger partial charge is 0.342 e. The average molecular weight is 379 g/mol. The molecule has 2 aromatic rings. The van der Waals surface area contributed by atoms with E-state index < -0.39 is 11.9 Å². The zero-order valence-corrected chi connectivity index (χ0v) is 14.2. The van der Waals surface area contributed by atoms with Crippen molar-refractivity contribution in [1.29, 1.82) is 0 Å². The van der Waals surface area contributed by atoms with Gasteiger partial charge in [-0.2, -0.15) is 0 Å². The summed E-state index contributed by atoms with van der Waals surface area (Å²) in [5.41, 5.74) is 1.22. The summed E-state index contributed by atoms with van der Waals surface area (Å²) in [6.07, 6.45) is 0. The summed E-state index contributed by atoms with van der Waals surface area (Å²) in [7, 11) is 1.23. The van der Waals surface area contributed by atoms with Gasteiger partial charge in [-0.1, -0.05) is 28.1 Å². The van der Waals surface area contributed by atoms with Gasteiger partial charge in [-0.25, -0.2) is 9.59 Å². The molecule has 0 aliphatic heterocycles. The fraction of sp³-hybridized carbons (Fsp3) is 0.176. The number of esters is 2. The van der Waals surface area contributed by atoms with Crippen LogP contribution in [0.2, 0.25) is 0 Å². The van der Waals surface area contributed by atoms with Crippen LogP contribution in [0.15, 0.2) is 40.9 Å². The molecule has 0 amide bonds. The molecule has 0 radical (unpaired) electrons. The van der Waals surface area contributed by atoms with Crippen molar-refractivity contribution in [3.05, 3.63) is 52.0 Å². The first-order chi connectivity index (χ1) is 11.0. The van der Waals surface area contributed by atoms with Crippen molar-refractivity contribution >= 4 is 27.9 Å². The lowest BCUT2D eigenvalue weighted by atomic mass is 9.96. The Morgan fingerprint density at radius 3 is 2.35 bits per heavy atom. The van der Waals surface area contributed by atoms with Crippen molar-refractivity contribution in [2.75, 3.05) is 13.7 Å². The second kappa shape index (κ2) is 7.28. The van der Waals surface area contributed by atoms with Gasteiger partial charge in [0.05, 0.1) is 19.3 Å². The molecule has 1 N–H and O–H groups in total. The van der Waals surface area contributed by atoms with Gasteiger partial charge >= 0.3 is 11.9 Å². The van der Waals surface area contributed by atoms with Gasteiger partial charge in [0.25, 0.3) is 0 Å². The molecule has 0 bridgehead atoms. The highest BCUT2D eigenvalue weighted by Gasteiger charge is 2.22. The number of carbonyl (C=O) groups is 2. The van der Waals surface area contributed by atoms with Crippen LogP contribution in [0, 0.1) is 0 Å². The van der Waals surface area contributed by atoms with E-state index in [4.69, 9.17) is 9.47 Å². The van der Waals surface area contributed by atoms with Crippen LogP contribution < -0.4 is 0 Å². The van der Waals surface area contributed by atoms with Gasteiger partial charge in [0.2, 0.25) is 0 Å². The van der Waals surface area contributed by atoms with E-state index in [1.165, 1.54) is 19.2 Å². The van der Waals surface area contributed by atoms with Crippen LogP contribution in [-0.4, -0.2) is 30.8 Å². The van der Waals surface area contributed by atoms with Gasteiger partial charge in [0.1, 0.15) is 11.3 Å². The van der Waals surface area contributed by atoms with E-state index in [0.717, 1.165) is 4.47 Å². The number of benzene rings is 2. The fourth-order valence-electron chi connectivity index (χ4n) is 2.13. The van der Waals surface area contributed by atoms with Crippen molar-refractivity contribution in [2.45, 2.75) is 6.92 Å². The zero-order chi connectivity index (χ0) is 17.0. The molecule has 120 valence electrons. The lowest BCUT2D eigenvalue weighted by Crippen LogP contribution is -2.09. The Kier molecular flexibility index (Phi) is 5.39. The Balaban J connectivity index is 2.66. The van der Waals surface area contributed by atoms with Crippen LogP contribution >= 0.6 is 15.9 Å². The Morgan fingerprint density at radius 1 is 1.13 bits per heavy atom. The number of halogens is 1. The summed E-state index contributed by atoms with van der Waals surface area (Å²) >= 11 is 3.34. The summed E-state index contributed by atoms with van der Waals surface area (Å²) in [6.45, 7) is 1.90. The molecule has 0 aliphatic rings. The normalized spacial score (nSPS) is 10.2. The Bertz CT molecular complexity index is 737. The summed E-state index contributed by atoms with van der Waals surface area (Å²) in [5, 5.41) is 10.2. The summed E-state index contributed by atoms with van der Waals surface area (Å²) in [5.74, 6) is -1.59. The molecule has 2 aromatic carbocycles. The third kappa shape index (κ3) is 3.71. The highest BCUT2D eigenvalue weighted by molar-refractivity contribution is 9.10. The maximum Gasteiger partial charge on any atom is 0.342 e. The predicted octanol–water partition coefficient (Wildman–Crippen LogP) is 3.79. The second-order valence-electron chi connectivity index (χ2n) is 4.64. The lowest BCUT2D eigenvalue weighted by molar-refractivity contribution is 0.0523. The Morgan fingerprint density at radius 2 is 1.78 bits per heavy atom. The third-order valence-electron chi connectivity index (χ3n) is 3.17. The summed E-state index contributed by atoms with van der Waals surface area (Å²) < 4.78 is 10.5. The highest BCUT2D eigenvalue weighted by atomic mass is 79.9. The average Bonchev–Trinajstić information content (AvgIpc) is 2.54. The molecule has 5 nitrogen and oxygen atoms in total. The molecule has 0 fully saturated rings. The molecular formula is C17H15BrO5. The number of aromatic hydroxyl groups is 1. The summed E-state index contributed by atoms with van der Waals surface area (Å²) in [6, 6.07) is 9.83. The number of hydrogen-bond acceptors (Lipinski definition) is 5. The third-order valence-corrected chi connectivity index (χ3v) is 3.70. The number of carbonyl (C=O) groups excluding carboxylic acids is 2. The van der Waals surface area contributed by atoms with E-state index in [0.29, 0.717) is 11.1 Å². The van der Waals surface area contributed by atoms with Crippen molar-refractivity contribution in [3.63, 3.8) is 0 Å². The van der Waals surface area contributed by atoms with Gasteiger partial charge < -0.3 is 14.6 Å². The number of ether oxygens (including phenoxy) is 2. The molecule has 0 saturated carbocycles. The van der Waals surface area contributed by atoms with E-state index in [9.17, 15) is 14.7 Å². The van der Waals surface area contributed by atoms with Crippen molar-refractivity contribution in [3.8, 4) is 16.9 Å². The number of hydrogen-bond donors (Lipinski definition) is 1. The molecule has 0 saturated heterocycles. The first kappa shape index (κ1) is 17.0. The molecule has 0 heterocycles. The number of phenols is 1. The second-order valence-corrected chi connectivity index (χ2v) is 5.55. The first-order valence-corrected chi connectivity index (χ1v) is 7.65. The van der Waals surface area contributed by atoms with Gasteiger partial charge in [-0.3, -0.25) is 0 Å². The van der Waals surface area contributed by atoms with E-state index in [1.807, 2.05) is 0 Å². The fourth-order valence-corrected chi connectivity index (χ4v) is 2.40. The maximum absolute atomic E-state index is 12.0. The minimum Gasteiger partial charge on any atom is -0.507 e. The standard InChI is InChI=1S/C17H15BrO5/c1-3-23-16(20)11-8-13(10-4-6-12(18)7-5-10)15(14(19)9-11)17(21)22-2/h4-9,19H,3H2,1-2H3. The molecule has 0 spiro atoms. The van der Waals surface area contributed by atoms with Crippen LogP contribution in [0.25, 0.3) is 11.1 Å². The van der Waals surface area contributed by atoms with Crippen LogP contribution in [0.1, 0.15) is 27.6 Å². The largest absolute Gasteiger partial charge is 0.507 e. The predicted molar refractivity (Wildman–Crippen MR) is 88.5 cm³/mol.